The zero-order chi connectivity index (χ0) is 17.6. The minimum absolute atomic E-state index is 0.00303. The van der Waals surface area contributed by atoms with Gasteiger partial charge >= 0.3 is 0 Å². The largest absolute Gasteiger partial charge is 0.0840 e. The summed E-state index contributed by atoms with van der Waals surface area (Å²) < 4.78 is 0. The Balaban J connectivity index is 1.93. The highest BCUT2D eigenvalue weighted by atomic mass is 35.5. The van der Waals surface area contributed by atoms with Crippen LogP contribution in [0.15, 0.2) is 54.6 Å². The second-order valence-corrected chi connectivity index (χ2v) is 8.78. The molecular formula is C24H21Cl. The Labute approximate surface area is 154 Å². The number of fused-ring (bicyclic) bond motifs is 7. The van der Waals surface area contributed by atoms with E-state index in [2.05, 4.69) is 76.2 Å². The molecule has 3 aromatic carbocycles. The molecule has 0 aliphatic heterocycles. The van der Waals surface area contributed by atoms with Crippen LogP contribution in [-0.2, 0) is 10.8 Å². The molecule has 2 aliphatic rings. The van der Waals surface area contributed by atoms with Gasteiger partial charge in [-0.2, -0.15) is 0 Å². The summed E-state index contributed by atoms with van der Waals surface area (Å²) in [7, 11) is 0. The Hall–Kier alpha value is -2.05. The molecule has 0 bridgehead atoms. The van der Waals surface area contributed by atoms with Crippen LogP contribution in [0.4, 0.5) is 0 Å². The van der Waals surface area contributed by atoms with Crippen molar-refractivity contribution in [2.45, 2.75) is 38.5 Å². The lowest BCUT2D eigenvalue weighted by molar-refractivity contribution is 0.601. The summed E-state index contributed by atoms with van der Waals surface area (Å²) in [4.78, 5) is 0. The molecule has 25 heavy (non-hydrogen) atoms. The third-order valence-corrected chi connectivity index (χ3v) is 6.59. The zero-order valence-corrected chi connectivity index (χ0v) is 15.8. The van der Waals surface area contributed by atoms with Crippen molar-refractivity contribution in [2.24, 2.45) is 0 Å². The molecule has 0 amide bonds. The Kier molecular flexibility index (Phi) is 2.78. The SMILES string of the molecule is CC1(C)c2ccccc2-c2ccc3c(c21)C(C)(C)c1c(Cl)cccc1-3. The number of hydrogen-bond acceptors (Lipinski definition) is 0. The van der Waals surface area contributed by atoms with Crippen LogP contribution in [0.5, 0.6) is 0 Å². The van der Waals surface area contributed by atoms with Crippen LogP contribution < -0.4 is 0 Å². The summed E-state index contributed by atoms with van der Waals surface area (Å²) in [5.74, 6) is 0. The van der Waals surface area contributed by atoms with E-state index in [1.165, 1.54) is 44.5 Å². The first kappa shape index (κ1) is 15.2. The van der Waals surface area contributed by atoms with Gasteiger partial charge in [-0.3, -0.25) is 0 Å². The van der Waals surface area contributed by atoms with E-state index >= 15 is 0 Å². The molecule has 0 fully saturated rings. The first-order chi connectivity index (χ1) is 11.8. The molecule has 1 heteroatoms. The first-order valence-corrected chi connectivity index (χ1v) is 9.30. The maximum absolute atomic E-state index is 6.66. The Morgan fingerprint density at radius 2 is 1.12 bits per heavy atom. The van der Waals surface area contributed by atoms with Crippen LogP contribution in [0.3, 0.4) is 0 Å². The minimum atomic E-state index is -0.0896. The summed E-state index contributed by atoms with van der Waals surface area (Å²) in [6, 6.07) is 19.8. The van der Waals surface area contributed by atoms with Crippen molar-refractivity contribution in [1.29, 1.82) is 0 Å². The maximum atomic E-state index is 6.66. The van der Waals surface area contributed by atoms with Crippen molar-refractivity contribution >= 4 is 11.6 Å². The molecule has 124 valence electrons. The summed E-state index contributed by atoms with van der Waals surface area (Å²) >= 11 is 6.66. The van der Waals surface area contributed by atoms with Gasteiger partial charge in [0, 0.05) is 15.9 Å². The molecule has 0 saturated heterocycles. The van der Waals surface area contributed by atoms with Gasteiger partial charge in [0.2, 0.25) is 0 Å². The first-order valence-electron chi connectivity index (χ1n) is 8.92. The van der Waals surface area contributed by atoms with Crippen molar-refractivity contribution < 1.29 is 0 Å². The third kappa shape index (κ3) is 1.69. The van der Waals surface area contributed by atoms with Crippen molar-refractivity contribution in [2.75, 3.05) is 0 Å². The molecule has 0 saturated carbocycles. The average Bonchev–Trinajstić information content (AvgIpc) is 2.96. The van der Waals surface area contributed by atoms with Gasteiger partial charge in [-0.25, -0.2) is 0 Å². The second kappa shape index (κ2) is 4.56. The molecule has 5 rings (SSSR count). The Bertz CT molecular complexity index is 1050. The summed E-state index contributed by atoms with van der Waals surface area (Å²) in [5.41, 5.74) is 10.9. The lowest BCUT2D eigenvalue weighted by atomic mass is 9.72. The van der Waals surface area contributed by atoms with Gasteiger partial charge in [0.1, 0.15) is 0 Å². The van der Waals surface area contributed by atoms with Gasteiger partial charge in [-0.15, -0.1) is 0 Å². The van der Waals surface area contributed by atoms with E-state index in [9.17, 15) is 0 Å². The normalized spacial score (nSPS) is 17.6. The summed E-state index contributed by atoms with van der Waals surface area (Å²) in [6.45, 7) is 9.36. The number of hydrogen-bond donors (Lipinski definition) is 0. The van der Waals surface area contributed by atoms with Crippen LogP contribution in [0.25, 0.3) is 22.3 Å². The van der Waals surface area contributed by atoms with E-state index < -0.39 is 0 Å². The predicted octanol–water partition coefficient (Wildman–Crippen LogP) is 6.95. The smallest absolute Gasteiger partial charge is 0.0453 e. The van der Waals surface area contributed by atoms with E-state index in [1.807, 2.05) is 6.07 Å². The quantitative estimate of drug-likeness (QED) is 0.413. The number of halogens is 1. The van der Waals surface area contributed by atoms with Gasteiger partial charge in [-0.1, -0.05) is 87.8 Å². The van der Waals surface area contributed by atoms with Crippen LogP contribution in [0.1, 0.15) is 49.9 Å². The topological polar surface area (TPSA) is 0 Å². The fourth-order valence-corrected chi connectivity index (χ4v) is 5.67. The van der Waals surface area contributed by atoms with Gasteiger partial charge in [0.15, 0.2) is 0 Å². The van der Waals surface area contributed by atoms with Gasteiger partial charge in [-0.05, 0) is 50.6 Å². The molecule has 0 heterocycles. The number of rotatable bonds is 0. The Morgan fingerprint density at radius 3 is 1.88 bits per heavy atom. The van der Waals surface area contributed by atoms with E-state index in [0.717, 1.165) is 5.02 Å². The van der Waals surface area contributed by atoms with Crippen LogP contribution in [0, 0.1) is 0 Å². The molecule has 3 aromatic rings. The molecule has 2 aliphatic carbocycles. The van der Waals surface area contributed by atoms with Crippen LogP contribution in [0.2, 0.25) is 5.02 Å². The zero-order valence-electron chi connectivity index (χ0n) is 15.1. The molecule has 0 spiro atoms. The third-order valence-electron chi connectivity index (χ3n) is 6.27. The fourth-order valence-electron chi connectivity index (χ4n) is 5.26. The lowest BCUT2D eigenvalue weighted by Crippen LogP contribution is -2.24. The van der Waals surface area contributed by atoms with Crippen molar-refractivity contribution in [3.05, 3.63) is 81.9 Å². The molecular weight excluding hydrogens is 324 g/mol. The monoisotopic (exact) mass is 344 g/mol. The highest BCUT2D eigenvalue weighted by molar-refractivity contribution is 6.32. The number of benzene rings is 3. The molecule has 0 aromatic heterocycles. The van der Waals surface area contributed by atoms with Crippen LogP contribution in [-0.4, -0.2) is 0 Å². The maximum Gasteiger partial charge on any atom is 0.0453 e. The summed E-state index contributed by atoms with van der Waals surface area (Å²) in [6.07, 6.45) is 0. The van der Waals surface area contributed by atoms with E-state index in [1.54, 1.807) is 0 Å². The molecule has 0 unspecified atom stereocenters. The Morgan fingerprint density at radius 1 is 0.560 bits per heavy atom. The average molecular weight is 345 g/mol. The highest BCUT2D eigenvalue weighted by Gasteiger charge is 2.46. The minimum Gasteiger partial charge on any atom is -0.0840 e. The van der Waals surface area contributed by atoms with Crippen molar-refractivity contribution in [1.82, 2.24) is 0 Å². The fraction of sp³-hybridized carbons (Fsp3) is 0.250. The lowest BCUT2D eigenvalue weighted by Gasteiger charge is -2.31. The standard InChI is InChI=1S/C24H21Cl/c1-23(2)18-10-6-5-8-14(18)16-12-13-17-15-9-7-11-19(25)20(15)24(3,4)22(17)21(16)23/h5-13H,1-4H3. The highest BCUT2D eigenvalue weighted by Crippen LogP contribution is 2.59. The van der Waals surface area contributed by atoms with E-state index in [0.29, 0.717) is 0 Å². The molecule has 0 radical (unpaired) electrons. The predicted molar refractivity (Wildman–Crippen MR) is 107 cm³/mol. The van der Waals surface area contributed by atoms with Crippen molar-refractivity contribution in [3.8, 4) is 22.3 Å². The van der Waals surface area contributed by atoms with Gasteiger partial charge < -0.3 is 0 Å². The van der Waals surface area contributed by atoms with Crippen LogP contribution >= 0.6 is 11.6 Å². The molecule has 0 N–H and O–H groups in total. The summed E-state index contributed by atoms with van der Waals surface area (Å²) in [5, 5.41) is 0.876. The molecule has 0 nitrogen and oxygen atoms in total. The van der Waals surface area contributed by atoms with E-state index in [4.69, 9.17) is 11.6 Å². The second-order valence-electron chi connectivity index (χ2n) is 8.37. The van der Waals surface area contributed by atoms with Crippen molar-refractivity contribution in [3.63, 3.8) is 0 Å². The van der Waals surface area contributed by atoms with E-state index in [-0.39, 0.29) is 10.8 Å². The van der Waals surface area contributed by atoms with Gasteiger partial charge in [0.25, 0.3) is 0 Å². The molecule has 0 atom stereocenters. The van der Waals surface area contributed by atoms with Gasteiger partial charge in [0.05, 0.1) is 0 Å².